The first-order valence-electron chi connectivity index (χ1n) is 4.07. The van der Waals surface area contributed by atoms with E-state index in [-0.39, 0.29) is 12.7 Å². The predicted octanol–water partition coefficient (Wildman–Crippen LogP) is 0.0106. The number of ether oxygens (including phenoxy) is 1. The van der Waals surface area contributed by atoms with Gasteiger partial charge in [0.15, 0.2) is 0 Å². The molecule has 0 aromatic heterocycles. The number of rotatable bonds is 2. The van der Waals surface area contributed by atoms with Crippen molar-refractivity contribution in [1.29, 1.82) is 0 Å². The predicted molar refractivity (Wildman–Crippen MR) is 41.2 cm³/mol. The zero-order valence-electron chi connectivity index (χ0n) is 7.03. The van der Waals surface area contributed by atoms with Crippen molar-refractivity contribution in [3.8, 4) is 0 Å². The molecule has 2 N–H and O–H groups in total. The summed E-state index contributed by atoms with van der Waals surface area (Å²) in [6, 6.07) is 0. The molecular weight excluding hydrogens is 144 g/mol. The maximum absolute atomic E-state index is 9.27. The molecule has 1 fully saturated rings. The molecule has 11 heavy (non-hydrogen) atoms. The molecule has 4 atom stereocenters. The van der Waals surface area contributed by atoms with Crippen molar-refractivity contribution in [2.75, 3.05) is 13.2 Å². The average molecular weight is 160 g/mol. The fourth-order valence-electron chi connectivity index (χ4n) is 1.46. The number of aliphatic hydroxyl groups is 2. The second-order valence-electron chi connectivity index (χ2n) is 3.38. The van der Waals surface area contributed by atoms with Crippen LogP contribution in [-0.2, 0) is 4.74 Å². The molecule has 1 aliphatic rings. The minimum absolute atomic E-state index is 0.171. The Bertz CT molecular complexity index is 127. The van der Waals surface area contributed by atoms with E-state index in [1.54, 1.807) is 0 Å². The SMILES string of the molecule is CC1COC(C(O)CO)[C@H]1C. The molecule has 1 aliphatic heterocycles. The molecule has 1 saturated heterocycles. The van der Waals surface area contributed by atoms with E-state index in [2.05, 4.69) is 6.92 Å². The highest BCUT2D eigenvalue weighted by Gasteiger charge is 2.35. The molecule has 0 aromatic carbocycles. The number of hydrogen-bond acceptors (Lipinski definition) is 3. The van der Waals surface area contributed by atoms with Crippen LogP contribution < -0.4 is 0 Å². The molecule has 0 aromatic rings. The van der Waals surface area contributed by atoms with Gasteiger partial charge in [0.2, 0.25) is 0 Å². The van der Waals surface area contributed by atoms with Crippen molar-refractivity contribution in [3.63, 3.8) is 0 Å². The van der Waals surface area contributed by atoms with E-state index in [0.717, 1.165) is 0 Å². The summed E-state index contributed by atoms with van der Waals surface area (Å²) >= 11 is 0. The summed E-state index contributed by atoms with van der Waals surface area (Å²) in [7, 11) is 0. The third-order valence-corrected chi connectivity index (χ3v) is 2.53. The van der Waals surface area contributed by atoms with Crippen molar-refractivity contribution >= 4 is 0 Å². The minimum Gasteiger partial charge on any atom is -0.394 e. The Labute approximate surface area is 67.0 Å². The first-order valence-corrected chi connectivity index (χ1v) is 4.07. The fourth-order valence-corrected chi connectivity index (χ4v) is 1.46. The molecule has 0 spiro atoms. The lowest BCUT2D eigenvalue weighted by molar-refractivity contribution is -0.0411. The van der Waals surface area contributed by atoms with E-state index in [0.29, 0.717) is 18.4 Å². The second kappa shape index (κ2) is 3.52. The van der Waals surface area contributed by atoms with Crippen molar-refractivity contribution < 1.29 is 14.9 Å². The zero-order valence-corrected chi connectivity index (χ0v) is 7.03. The summed E-state index contributed by atoms with van der Waals surface area (Å²) < 4.78 is 5.32. The molecule has 0 saturated carbocycles. The van der Waals surface area contributed by atoms with Gasteiger partial charge in [-0.3, -0.25) is 0 Å². The lowest BCUT2D eigenvalue weighted by Crippen LogP contribution is -2.33. The molecule has 0 radical (unpaired) electrons. The third kappa shape index (κ3) is 1.72. The molecule has 3 heteroatoms. The van der Waals surface area contributed by atoms with Gasteiger partial charge in [-0.05, 0) is 11.8 Å². The first-order chi connectivity index (χ1) is 5.16. The van der Waals surface area contributed by atoms with Gasteiger partial charge in [-0.15, -0.1) is 0 Å². The molecule has 1 rings (SSSR count). The maximum Gasteiger partial charge on any atom is 0.103 e. The highest BCUT2D eigenvalue weighted by Crippen LogP contribution is 2.27. The summed E-state index contributed by atoms with van der Waals surface area (Å²) in [5, 5.41) is 17.9. The Morgan fingerprint density at radius 3 is 2.55 bits per heavy atom. The van der Waals surface area contributed by atoms with Gasteiger partial charge in [0, 0.05) is 6.61 Å². The van der Waals surface area contributed by atoms with Gasteiger partial charge in [0.05, 0.1) is 12.7 Å². The summed E-state index contributed by atoms with van der Waals surface area (Å²) in [5.74, 6) is 0.832. The normalized spacial score (nSPS) is 40.9. The smallest absolute Gasteiger partial charge is 0.103 e. The Morgan fingerprint density at radius 1 is 1.55 bits per heavy atom. The highest BCUT2D eigenvalue weighted by atomic mass is 16.5. The van der Waals surface area contributed by atoms with E-state index < -0.39 is 6.10 Å². The minimum atomic E-state index is -0.713. The van der Waals surface area contributed by atoms with Gasteiger partial charge in [-0.25, -0.2) is 0 Å². The van der Waals surface area contributed by atoms with Gasteiger partial charge in [0.1, 0.15) is 6.10 Å². The quantitative estimate of drug-likeness (QED) is 0.598. The summed E-state index contributed by atoms with van der Waals surface area (Å²) in [6.07, 6.45) is -0.884. The van der Waals surface area contributed by atoms with Crippen LogP contribution in [0.3, 0.4) is 0 Å². The van der Waals surface area contributed by atoms with Crippen LogP contribution in [0.1, 0.15) is 13.8 Å². The molecule has 0 aliphatic carbocycles. The summed E-state index contributed by atoms with van der Waals surface area (Å²) in [6.45, 7) is 4.63. The Hall–Kier alpha value is -0.120. The lowest BCUT2D eigenvalue weighted by atomic mass is 9.92. The molecule has 3 nitrogen and oxygen atoms in total. The second-order valence-corrected chi connectivity index (χ2v) is 3.38. The lowest BCUT2D eigenvalue weighted by Gasteiger charge is -2.20. The maximum atomic E-state index is 9.27. The van der Waals surface area contributed by atoms with Crippen LogP contribution in [0.4, 0.5) is 0 Å². The molecule has 3 unspecified atom stereocenters. The van der Waals surface area contributed by atoms with Crippen molar-refractivity contribution in [1.82, 2.24) is 0 Å². The van der Waals surface area contributed by atoms with Gasteiger partial charge in [-0.1, -0.05) is 13.8 Å². The van der Waals surface area contributed by atoms with E-state index in [1.807, 2.05) is 6.92 Å². The number of aliphatic hydroxyl groups excluding tert-OH is 2. The summed E-state index contributed by atoms with van der Waals surface area (Å²) in [5.41, 5.74) is 0. The van der Waals surface area contributed by atoms with Gasteiger partial charge >= 0.3 is 0 Å². The monoisotopic (exact) mass is 160 g/mol. The largest absolute Gasteiger partial charge is 0.394 e. The van der Waals surface area contributed by atoms with Crippen LogP contribution in [0.25, 0.3) is 0 Å². The topological polar surface area (TPSA) is 49.7 Å². The molecular formula is C8H16O3. The van der Waals surface area contributed by atoms with Crippen LogP contribution in [0.2, 0.25) is 0 Å². The first kappa shape index (κ1) is 8.97. The Morgan fingerprint density at radius 2 is 2.18 bits per heavy atom. The number of hydrogen-bond donors (Lipinski definition) is 2. The van der Waals surface area contributed by atoms with Gasteiger partial charge in [0.25, 0.3) is 0 Å². The Kier molecular flexibility index (Phi) is 2.87. The third-order valence-electron chi connectivity index (χ3n) is 2.53. The van der Waals surface area contributed by atoms with Gasteiger partial charge < -0.3 is 14.9 Å². The van der Waals surface area contributed by atoms with Crippen LogP contribution in [0.15, 0.2) is 0 Å². The highest BCUT2D eigenvalue weighted by molar-refractivity contribution is 4.82. The van der Waals surface area contributed by atoms with Crippen molar-refractivity contribution in [2.24, 2.45) is 11.8 Å². The van der Waals surface area contributed by atoms with E-state index in [1.165, 1.54) is 0 Å². The van der Waals surface area contributed by atoms with Crippen molar-refractivity contribution in [2.45, 2.75) is 26.1 Å². The van der Waals surface area contributed by atoms with E-state index in [4.69, 9.17) is 9.84 Å². The van der Waals surface area contributed by atoms with Crippen molar-refractivity contribution in [3.05, 3.63) is 0 Å². The van der Waals surface area contributed by atoms with E-state index >= 15 is 0 Å². The van der Waals surface area contributed by atoms with E-state index in [9.17, 15) is 5.11 Å². The summed E-state index contributed by atoms with van der Waals surface area (Å²) in [4.78, 5) is 0. The van der Waals surface area contributed by atoms with Crippen LogP contribution in [0, 0.1) is 11.8 Å². The Balaban J connectivity index is 2.47. The van der Waals surface area contributed by atoms with Gasteiger partial charge in [-0.2, -0.15) is 0 Å². The standard InChI is InChI=1S/C8H16O3/c1-5-4-11-8(6(5)2)7(10)3-9/h5-10H,3-4H2,1-2H3/t5?,6-,7?,8?/m0/s1. The molecule has 1 heterocycles. The van der Waals surface area contributed by atoms with Crippen LogP contribution >= 0.6 is 0 Å². The van der Waals surface area contributed by atoms with Crippen LogP contribution in [0.5, 0.6) is 0 Å². The molecule has 66 valence electrons. The van der Waals surface area contributed by atoms with Crippen LogP contribution in [-0.4, -0.2) is 35.6 Å². The fraction of sp³-hybridized carbons (Fsp3) is 1.00. The molecule has 0 amide bonds. The average Bonchev–Trinajstić information content (AvgIpc) is 2.32. The zero-order chi connectivity index (χ0) is 8.43. The molecule has 0 bridgehead atoms.